The van der Waals surface area contributed by atoms with Crippen molar-refractivity contribution in [3.63, 3.8) is 0 Å². The van der Waals surface area contributed by atoms with E-state index in [1.54, 1.807) is 12.1 Å². The number of benzene rings is 2. The highest BCUT2D eigenvalue weighted by molar-refractivity contribution is 6.17. The van der Waals surface area contributed by atoms with E-state index in [4.69, 9.17) is 10.2 Å². The summed E-state index contributed by atoms with van der Waals surface area (Å²) in [5, 5.41) is 0.704. The molecule has 1 heterocycles. The minimum atomic E-state index is -0.618. The maximum atomic E-state index is 14.0. The van der Waals surface area contributed by atoms with E-state index in [9.17, 15) is 9.18 Å². The molecule has 3 aromatic rings. The van der Waals surface area contributed by atoms with Crippen LogP contribution in [0.3, 0.4) is 0 Å². The second-order valence-electron chi connectivity index (χ2n) is 4.82. The van der Waals surface area contributed by atoms with Crippen LogP contribution in [0.5, 0.6) is 0 Å². The van der Waals surface area contributed by atoms with Crippen molar-refractivity contribution in [1.82, 2.24) is 0 Å². The van der Waals surface area contributed by atoms with Gasteiger partial charge in [0, 0.05) is 17.5 Å². The molecule has 0 amide bonds. The molecule has 2 N–H and O–H groups in total. The fourth-order valence-electron chi connectivity index (χ4n) is 2.44. The van der Waals surface area contributed by atoms with Gasteiger partial charge >= 0.3 is 0 Å². The van der Waals surface area contributed by atoms with Crippen molar-refractivity contribution in [2.24, 2.45) is 0 Å². The predicted octanol–water partition coefficient (Wildman–Crippen LogP) is 3.95. The van der Waals surface area contributed by atoms with Gasteiger partial charge in [-0.15, -0.1) is 0 Å². The molecule has 0 aliphatic rings. The topological polar surface area (TPSA) is 56.2 Å². The molecular weight excluding hydrogens is 269 g/mol. The minimum absolute atomic E-state index is 0.00505. The molecular formula is C17H14FNO2. The number of nitrogens with two attached hydrogens (primary N) is 1. The summed E-state index contributed by atoms with van der Waals surface area (Å²) in [5.74, 6) is -0.431. The van der Waals surface area contributed by atoms with Crippen LogP contribution in [0.15, 0.2) is 46.9 Å². The van der Waals surface area contributed by atoms with Gasteiger partial charge in [-0.25, -0.2) is 4.39 Å². The van der Waals surface area contributed by atoms with Crippen LogP contribution in [0.2, 0.25) is 0 Å². The molecule has 2 aromatic carbocycles. The van der Waals surface area contributed by atoms with Gasteiger partial charge in [-0.1, -0.05) is 25.1 Å². The molecule has 3 rings (SSSR count). The maximum Gasteiger partial charge on any atom is 0.200 e. The highest BCUT2D eigenvalue weighted by Gasteiger charge is 2.23. The number of carbonyl (C=O) groups excluding carboxylic acids is 1. The van der Waals surface area contributed by atoms with Crippen LogP contribution < -0.4 is 5.73 Å². The number of anilines is 1. The van der Waals surface area contributed by atoms with Crippen molar-refractivity contribution in [2.75, 3.05) is 5.73 Å². The lowest BCUT2D eigenvalue weighted by atomic mass is 9.99. The lowest BCUT2D eigenvalue weighted by molar-refractivity contribution is 0.103. The molecule has 0 spiro atoms. The van der Waals surface area contributed by atoms with Gasteiger partial charge in [0.1, 0.15) is 17.2 Å². The molecule has 0 saturated heterocycles. The minimum Gasteiger partial charge on any atom is -0.460 e. The first-order valence-corrected chi connectivity index (χ1v) is 6.72. The molecule has 4 heteroatoms. The first-order chi connectivity index (χ1) is 10.1. The number of carbonyl (C=O) groups is 1. The largest absolute Gasteiger partial charge is 0.460 e. The Labute approximate surface area is 121 Å². The van der Waals surface area contributed by atoms with E-state index in [-0.39, 0.29) is 17.0 Å². The van der Waals surface area contributed by atoms with Crippen LogP contribution >= 0.6 is 0 Å². The summed E-state index contributed by atoms with van der Waals surface area (Å²) < 4.78 is 19.7. The number of fused-ring (bicyclic) bond motifs is 1. The van der Waals surface area contributed by atoms with Gasteiger partial charge in [-0.2, -0.15) is 0 Å². The number of ketones is 1. The monoisotopic (exact) mass is 283 g/mol. The predicted molar refractivity (Wildman–Crippen MR) is 79.8 cm³/mol. The van der Waals surface area contributed by atoms with Crippen LogP contribution in [-0.2, 0) is 6.42 Å². The van der Waals surface area contributed by atoms with E-state index < -0.39 is 5.82 Å². The third-order valence-corrected chi connectivity index (χ3v) is 3.45. The third-order valence-electron chi connectivity index (χ3n) is 3.45. The lowest BCUT2D eigenvalue weighted by Crippen LogP contribution is -2.06. The van der Waals surface area contributed by atoms with Crippen molar-refractivity contribution in [2.45, 2.75) is 13.3 Å². The summed E-state index contributed by atoms with van der Waals surface area (Å²) in [5.41, 5.74) is 6.88. The third kappa shape index (κ3) is 2.18. The highest BCUT2D eigenvalue weighted by Crippen LogP contribution is 2.29. The second kappa shape index (κ2) is 5.05. The standard InChI is InChI=1S/C17H14FNO2/c1-2-14-16(12-5-3-4-6-15(12)21-14)17(20)11-8-7-10(19)9-13(11)18/h3-9H,2,19H2,1H3. The Morgan fingerprint density at radius 3 is 2.71 bits per heavy atom. The molecule has 0 atom stereocenters. The van der Waals surface area contributed by atoms with E-state index in [0.29, 0.717) is 28.7 Å². The van der Waals surface area contributed by atoms with Crippen LogP contribution in [0.25, 0.3) is 11.0 Å². The zero-order valence-electron chi connectivity index (χ0n) is 11.5. The van der Waals surface area contributed by atoms with E-state index in [0.717, 1.165) is 6.07 Å². The summed E-state index contributed by atoms with van der Waals surface area (Å²) in [4.78, 5) is 12.7. The number of hydrogen-bond acceptors (Lipinski definition) is 3. The molecule has 0 fully saturated rings. The maximum absolute atomic E-state index is 14.0. The Kier molecular flexibility index (Phi) is 3.22. The summed E-state index contributed by atoms with van der Waals surface area (Å²) in [7, 11) is 0. The molecule has 3 nitrogen and oxygen atoms in total. The van der Waals surface area contributed by atoms with E-state index >= 15 is 0 Å². The van der Waals surface area contributed by atoms with Crippen LogP contribution in [-0.4, -0.2) is 5.78 Å². The Morgan fingerprint density at radius 2 is 2.00 bits per heavy atom. The number of hydrogen-bond donors (Lipinski definition) is 1. The molecule has 21 heavy (non-hydrogen) atoms. The van der Waals surface area contributed by atoms with E-state index in [2.05, 4.69) is 0 Å². The summed E-state index contributed by atoms with van der Waals surface area (Å²) in [6.45, 7) is 1.90. The van der Waals surface area contributed by atoms with Gasteiger partial charge < -0.3 is 10.2 Å². The summed E-state index contributed by atoms with van der Waals surface area (Å²) >= 11 is 0. The molecule has 106 valence electrons. The molecule has 1 aromatic heterocycles. The summed E-state index contributed by atoms with van der Waals surface area (Å²) in [6, 6.07) is 11.3. The van der Waals surface area contributed by atoms with Crippen molar-refractivity contribution < 1.29 is 13.6 Å². The quantitative estimate of drug-likeness (QED) is 0.585. The van der Waals surface area contributed by atoms with Gasteiger partial charge in [0.05, 0.1) is 11.1 Å². The number of halogens is 1. The number of aryl methyl sites for hydroxylation is 1. The van der Waals surface area contributed by atoms with Gasteiger partial charge in [0.2, 0.25) is 0 Å². The average molecular weight is 283 g/mol. The molecule has 0 radical (unpaired) electrons. The second-order valence-corrected chi connectivity index (χ2v) is 4.82. The van der Waals surface area contributed by atoms with Crippen LogP contribution in [0.1, 0.15) is 28.6 Å². The highest BCUT2D eigenvalue weighted by atomic mass is 19.1. The average Bonchev–Trinajstić information content (AvgIpc) is 2.85. The molecule has 0 saturated carbocycles. The van der Waals surface area contributed by atoms with Crippen molar-refractivity contribution >= 4 is 22.4 Å². The van der Waals surface area contributed by atoms with E-state index in [1.165, 1.54) is 12.1 Å². The van der Waals surface area contributed by atoms with Crippen molar-refractivity contribution in [3.8, 4) is 0 Å². The number of furan rings is 1. The first kappa shape index (κ1) is 13.4. The molecule has 0 aliphatic heterocycles. The van der Waals surface area contributed by atoms with E-state index in [1.807, 2.05) is 19.1 Å². The Bertz CT molecular complexity index is 836. The lowest BCUT2D eigenvalue weighted by Gasteiger charge is -2.04. The SMILES string of the molecule is CCc1oc2ccccc2c1C(=O)c1ccc(N)cc1F. The van der Waals surface area contributed by atoms with Gasteiger partial charge in [-0.3, -0.25) is 4.79 Å². The number of rotatable bonds is 3. The van der Waals surface area contributed by atoms with Gasteiger partial charge in [-0.05, 0) is 24.3 Å². The van der Waals surface area contributed by atoms with Crippen LogP contribution in [0, 0.1) is 5.82 Å². The summed E-state index contributed by atoms with van der Waals surface area (Å²) in [6.07, 6.45) is 0.562. The Morgan fingerprint density at radius 1 is 1.24 bits per heavy atom. The fourth-order valence-corrected chi connectivity index (χ4v) is 2.44. The number of para-hydroxylation sites is 1. The molecule has 0 aliphatic carbocycles. The first-order valence-electron chi connectivity index (χ1n) is 6.72. The number of nitrogen functional groups attached to an aromatic ring is 1. The smallest absolute Gasteiger partial charge is 0.200 e. The Balaban J connectivity index is 2.21. The van der Waals surface area contributed by atoms with Crippen molar-refractivity contribution in [1.29, 1.82) is 0 Å². The zero-order valence-corrected chi connectivity index (χ0v) is 11.5. The Hall–Kier alpha value is -2.62. The van der Waals surface area contributed by atoms with Crippen molar-refractivity contribution in [3.05, 3.63) is 65.2 Å². The van der Waals surface area contributed by atoms with Gasteiger partial charge in [0.15, 0.2) is 5.78 Å². The van der Waals surface area contributed by atoms with Gasteiger partial charge in [0.25, 0.3) is 0 Å². The van der Waals surface area contributed by atoms with Crippen LogP contribution in [0.4, 0.5) is 10.1 Å². The fraction of sp³-hybridized carbons (Fsp3) is 0.118. The zero-order chi connectivity index (χ0) is 15.0. The molecule has 0 unspecified atom stereocenters. The normalized spacial score (nSPS) is 11.0. The molecule has 0 bridgehead atoms.